The molecule has 0 saturated carbocycles. The van der Waals surface area contributed by atoms with Gasteiger partial charge in [-0.3, -0.25) is 15.0 Å². The SMILES string of the molecule is Cc1nnc(NC(=O)CN2C(C)CCCC2CN)o1. The number of aryl methyl sites for hydroxylation is 1. The second kappa shape index (κ2) is 6.12. The van der Waals surface area contributed by atoms with Crippen LogP contribution in [0, 0.1) is 6.92 Å². The predicted octanol–water partition coefficient (Wildman–Crippen LogP) is 0.518. The monoisotopic (exact) mass is 267 g/mol. The smallest absolute Gasteiger partial charge is 0.322 e. The molecule has 2 heterocycles. The molecule has 19 heavy (non-hydrogen) atoms. The molecule has 2 atom stereocenters. The molecule has 7 nitrogen and oxygen atoms in total. The number of hydrogen-bond donors (Lipinski definition) is 2. The molecule has 3 N–H and O–H groups in total. The van der Waals surface area contributed by atoms with E-state index >= 15 is 0 Å². The molecular weight excluding hydrogens is 246 g/mol. The number of amides is 1. The Morgan fingerprint density at radius 1 is 1.53 bits per heavy atom. The molecular formula is C12H21N5O2. The number of anilines is 1. The lowest BCUT2D eigenvalue weighted by Crippen LogP contribution is -2.51. The molecule has 0 radical (unpaired) electrons. The van der Waals surface area contributed by atoms with E-state index in [1.807, 2.05) is 0 Å². The first kappa shape index (κ1) is 14.0. The summed E-state index contributed by atoms with van der Waals surface area (Å²) in [7, 11) is 0. The van der Waals surface area contributed by atoms with E-state index in [1.54, 1.807) is 6.92 Å². The third kappa shape index (κ3) is 3.51. The number of hydrogen-bond acceptors (Lipinski definition) is 6. The van der Waals surface area contributed by atoms with Crippen molar-refractivity contribution in [3.63, 3.8) is 0 Å². The Morgan fingerprint density at radius 3 is 2.95 bits per heavy atom. The van der Waals surface area contributed by atoms with Crippen molar-refractivity contribution in [3.05, 3.63) is 5.89 Å². The molecule has 2 unspecified atom stereocenters. The normalized spacial score (nSPS) is 24.4. The number of aromatic nitrogens is 2. The summed E-state index contributed by atoms with van der Waals surface area (Å²) in [5.74, 6) is 0.289. The molecule has 106 valence electrons. The zero-order chi connectivity index (χ0) is 13.8. The molecule has 1 aliphatic rings. The van der Waals surface area contributed by atoms with E-state index in [0.717, 1.165) is 12.8 Å². The van der Waals surface area contributed by atoms with Gasteiger partial charge in [-0.25, -0.2) is 0 Å². The van der Waals surface area contributed by atoms with Gasteiger partial charge >= 0.3 is 6.01 Å². The molecule has 2 rings (SSSR count). The average Bonchev–Trinajstić information content (AvgIpc) is 2.77. The van der Waals surface area contributed by atoms with Gasteiger partial charge in [-0.15, -0.1) is 5.10 Å². The second-order valence-electron chi connectivity index (χ2n) is 5.02. The Labute approximate surface area is 112 Å². The highest BCUT2D eigenvalue weighted by atomic mass is 16.4. The van der Waals surface area contributed by atoms with Crippen molar-refractivity contribution in [2.75, 3.05) is 18.4 Å². The number of rotatable bonds is 4. The first-order valence-electron chi connectivity index (χ1n) is 6.66. The van der Waals surface area contributed by atoms with Crippen LogP contribution in [0.3, 0.4) is 0 Å². The van der Waals surface area contributed by atoms with Gasteiger partial charge in [0, 0.05) is 25.6 Å². The van der Waals surface area contributed by atoms with Gasteiger partial charge < -0.3 is 10.2 Å². The number of nitrogens with two attached hydrogens (primary N) is 1. The highest BCUT2D eigenvalue weighted by molar-refractivity contribution is 5.90. The number of nitrogens with zero attached hydrogens (tertiary/aromatic N) is 3. The molecule has 1 fully saturated rings. The van der Waals surface area contributed by atoms with Crippen LogP contribution in [0.5, 0.6) is 0 Å². The van der Waals surface area contributed by atoms with E-state index in [9.17, 15) is 4.79 Å². The lowest BCUT2D eigenvalue weighted by molar-refractivity contribution is -0.119. The molecule has 1 amide bonds. The van der Waals surface area contributed by atoms with Gasteiger partial charge in [-0.1, -0.05) is 11.5 Å². The summed E-state index contributed by atoms with van der Waals surface area (Å²) in [6, 6.07) is 0.799. The van der Waals surface area contributed by atoms with Gasteiger partial charge in [0.1, 0.15) is 0 Å². The summed E-state index contributed by atoms with van der Waals surface area (Å²) >= 11 is 0. The fourth-order valence-electron chi connectivity index (χ4n) is 2.55. The second-order valence-corrected chi connectivity index (χ2v) is 5.02. The van der Waals surface area contributed by atoms with Gasteiger partial charge in [0.25, 0.3) is 0 Å². The first-order chi connectivity index (χ1) is 9.10. The zero-order valence-electron chi connectivity index (χ0n) is 11.4. The van der Waals surface area contributed by atoms with Crippen LogP contribution in [0.4, 0.5) is 6.01 Å². The van der Waals surface area contributed by atoms with Crippen LogP contribution in [0.15, 0.2) is 4.42 Å². The van der Waals surface area contributed by atoms with Gasteiger partial charge in [0.2, 0.25) is 11.8 Å². The van der Waals surface area contributed by atoms with Crippen LogP contribution >= 0.6 is 0 Å². The molecule has 0 bridgehead atoms. The molecule has 1 aromatic heterocycles. The van der Waals surface area contributed by atoms with Crippen LogP contribution in [0.2, 0.25) is 0 Å². The summed E-state index contributed by atoms with van der Waals surface area (Å²) in [5, 5.41) is 10.0. The van der Waals surface area contributed by atoms with E-state index in [-0.39, 0.29) is 18.0 Å². The number of nitrogens with one attached hydrogen (secondary N) is 1. The quantitative estimate of drug-likeness (QED) is 0.825. The largest absolute Gasteiger partial charge is 0.408 e. The lowest BCUT2D eigenvalue weighted by Gasteiger charge is -2.39. The van der Waals surface area contributed by atoms with Crippen LogP contribution in [0.25, 0.3) is 0 Å². The van der Waals surface area contributed by atoms with Crippen molar-refractivity contribution in [2.24, 2.45) is 5.73 Å². The summed E-state index contributed by atoms with van der Waals surface area (Å²) in [6.45, 7) is 4.70. The first-order valence-corrected chi connectivity index (χ1v) is 6.66. The Balaban J connectivity index is 1.92. The van der Waals surface area contributed by atoms with Crippen molar-refractivity contribution >= 4 is 11.9 Å². The Kier molecular flexibility index (Phi) is 4.49. The minimum atomic E-state index is -0.143. The number of carbonyl (C=O) groups is 1. The minimum absolute atomic E-state index is 0.143. The zero-order valence-corrected chi connectivity index (χ0v) is 11.4. The van der Waals surface area contributed by atoms with Crippen molar-refractivity contribution in [2.45, 2.75) is 45.2 Å². The summed E-state index contributed by atoms with van der Waals surface area (Å²) in [4.78, 5) is 14.1. The Morgan fingerprint density at radius 2 is 2.32 bits per heavy atom. The van der Waals surface area contributed by atoms with E-state index < -0.39 is 0 Å². The minimum Gasteiger partial charge on any atom is -0.408 e. The number of piperidine rings is 1. The van der Waals surface area contributed by atoms with E-state index in [2.05, 4.69) is 27.3 Å². The van der Waals surface area contributed by atoms with Crippen LogP contribution in [0.1, 0.15) is 32.1 Å². The van der Waals surface area contributed by atoms with Gasteiger partial charge in [-0.05, 0) is 19.8 Å². The molecule has 0 spiro atoms. The summed E-state index contributed by atoms with van der Waals surface area (Å²) in [5.41, 5.74) is 5.77. The third-order valence-electron chi connectivity index (χ3n) is 3.57. The van der Waals surface area contributed by atoms with E-state index in [0.29, 0.717) is 25.0 Å². The molecule has 1 aromatic rings. The van der Waals surface area contributed by atoms with Crippen molar-refractivity contribution in [3.8, 4) is 0 Å². The van der Waals surface area contributed by atoms with Crippen LogP contribution < -0.4 is 11.1 Å². The molecule has 7 heteroatoms. The van der Waals surface area contributed by atoms with Crippen LogP contribution in [-0.2, 0) is 4.79 Å². The van der Waals surface area contributed by atoms with Crippen molar-refractivity contribution < 1.29 is 9.21 Å². The maximum absolute atomic E-state index is 12.0. The maximum atomic E-state index is 12.0. The number of carbonyl (C=O) groups excluding carboxylic acids is 1. The molecule has 1 aliphatic heterocycles. The highest BCUT2D eigenvalue weighted by Gasteiger charge is 2.28. The van der Waals surface area contributed by atoms with Crippen LogP contribution in [-0.4, -0.2) is 46.2 Å². The molecule has 0 aliphatic carbocycles. The van der Waals surface area contributed by atoms with E-state index in [1.165, 1.54) is 6.42 Å². The maximum Gasteiger partial charge on any atom is 0.322 e. The third-order valence-corrected chi connectivity index (χ3v) is 3.57. The standard InChI is InChI=1S/C12H21N5O2/c1-8-4-3-5-10(6-13)17(8)7-11(18)14-12-16-15-9(2)19-12/h8,10H,3-7,13H2,1-2H3,(H,14,16,18). The van der Waals surface area contributed by atoms with Crippen molar-refractivity contribution in [1.29, 1.82) is 0 Å². The summed E-state index contributed by atoms with van der Waals surface area (Å²) < 4.78 is 5.13. The van der Waals surface area contributed by atoms with E-state index in [4.69, 9.17) is 10.2 Å². The van der Waals surface area contributed by atoms with Gasteiger partial charge in [-0.2, -0.15) is 0 Å². The lowest BCUT2D eigenvalue weighted by atomic mass is 9.96. The van der Waals surface area contributed by atoms with Gasteiger partial charge in [0.05, 0.1) is 6.54 Å². The molecule has 1 saturated heterocycles. The van der Waals surface area contributed by atoms with Crippen molar-refractivity contribution in [1.82, 2.24) is 15.1 Å². The fourth-order valence-corrected chi connectivity index (χ4v) is 2.55. The molecule has 0 aromatic carbocycles. The van der Waals surface area contributed by atoms with Gasteiger partial charge in [0.15, 0.2) is 0 Å². The Hall–Kier alpha value is -1.47. The predicted molar refractivity (Wildman–Crippen MR) is 70.5 cm³/mol. The topological polar surface area (TPSA) is 97.3 Å². The average molecular weight is 267 g/mol. The Bertz CT molecular complexity index is 434. The fraction of sp³-hybridized carbons (Fsp3) is 0.750. The summed E-state index contributed by atoms with van der Waals surface area (Å²) in [6.07, 6.45) is 3.32. The highest BCUT2D eigenvalue weighted by Crippen LogP contribution is 2.21. The number of likely N-dealkylation sites (tertiary alicyclic amines) is 1.